The highest BCUT2D eigenvalue weighted by atomic mass is 16.2. The minimum atomic E-state index is 0.215. The fraction of sp³-hybridized carbons (Fsp3) is 0.917. The first-order chi connectivity index (χ1) is 7.16. The third-order valence-electron chi connectivity index (χ3n) is 3.02. The van der Waals surface area contributed by atoms with E-state index in [1.54, 1.807) is 0 Å². The molecule has 1 aliphatic rings. The van der Waals surface area contributed by atoms with Gasteiger partial charge < -0.3 is 10.2 Å². The van der Waals surface area contributed by atoms with Gasteiger partial charge in [0.25, 0.3) is 0 Å². The van der Waals surface area contributed by atoms with Crippen LogP contribution in [0.3, 0.4) is 0 Å². The van der Waals surface area contributed by atoms with E-state index < -0.39 is 0 Å². The molecule has 1 fully saturated rings. The Balaban J connectivity index is 2.53. The third kappa shape index (κ3) is 3.49. The van der Waals surface area contributed by atoms with Gasteiger partial charge in [-0.05, 0) is 39.7 Å². The lowest BCUT2D eigenvalue weighted by Gasteiger charge is -2.32. The van der Waals surface area contributed by atoms with Gasteiger partial charge in [0.05, 0.1) is 5.92 Å². The Labute approximate surface area is 93.2 Å². The molecular weight excluding hydrogens is 188 g/mol. The van der Waals surface area contributed by atoms with Crippen LogP contribution in [0.2, 0.25) is 0 Å². The molecule has 3 nitrogen and oxygen atoms in total. The summed E-state index contributed by atoms with van der Waals surface area (Å²) in [6.07, 6.45) is 3.23. The fourth-order valence-corrected chi connectivity index (χ4v) is 2.16. The molecule has 0 spiro atoms. The van der Waals surface area contributed by atoms with Crippen LogP contribution in [0.4, 0.5) is 0 Å². The van der Waals surface area contributed by atoms with Gasteiger partial charge in [0.1, 0.15) is 0 Å². The van der Waals surface area contributed by atoms with Crippen molar-refractivity contribution in [2.24, 2.45) is 5.92 Å². The summed E-state index contributed by atoms with van der Waals surface area (Å²) in [6.45, 7) is 9.16. The summed E-state index contributed by atoms with van der Waals surface area (Å²) in [7, 11) is 0. The summed E-state index contributed by atoms with van der Waals surface area (Å²) in [4.78, 5) is 14.2. The summed E-state index contributed by atoms with van der Waals surface area (Å²) in [5, 5.41) is 3.30. The summed E-state index contributed by atoms with van der Waals surface area (Å²) < 4.78 is 0. The largest absolute Gasteiger partial charge is 0.340 e. The number of hydrogen-bond acceptors (Lipinski definition) is 2. The van der Waals surface area contributed by atoms with E-state index in [4.69, 9.17) is 0 Å². The number of nitrogens with zero attached hydrogens (tertiary/aromatic N) is 1. The van der Waals surface area contributed by atoms with E-state index >= 15 is 0 Å². The van der Waals surface area contributed by atoms with Gasteiger partial charge in [-0.1, -0.05) is 6.92 Å². The zero-order chi connectivity index (χ0) is 11.3. The molecule has 1 rings (SSSR count). The highest BCUT2D eigenvalue weighted by Gasteiger charge is 2.26. The lowest BCUT2D eigenvalue weighted by atomic mass is 9.97. The number of nitrogens with one attached hydrogen (secondary N) is 1. The predicted octanol–water partition coefficient (Wildman–Crippen LogP) is 1.63. The Morgan fingerprint density at radius 3 is 2.73 bits per heavy atom. The second-order valence-corrected chi connectivity index (χ2v) is 4.67. The molecule has 1 N–H and O–H groups in total. The zero-order valence-corrected chi connectivity index (χ0v) is 10.3. The fourth-order valence-electron chi connectivity index (χ4n) is 2.16. The Hall–Kier alpha value is -0.570. The van der Waals surface area contributed by atoms with E-state index in [0.29, 0.717) is 11.9 Å². The maximum atomic E-state index is 12.2. The summed E-state index contributed by atoms with van der Waals surface area (Å²) in [5.41, 5.74) is 0. The molecule has 0 aromatic carbocycles. The van der Waals surface area contributed by atoms with E-state index in [1.807, 2.05) is 4.90 Å². The molecule has 15 heavy (non-hydrogen) atoms. The first-order valence-corrected chi connectivity index (χ1v) is 6.18. The first kappa shape index (κ1) is 12.5. The second kappa shape index (κ2) is 6.11. The molecule has 88 valence electrons. The van der Waals surface area contributed by atoms with Crippen molar-refractivity contribution in [3.05, 3.63) is 0 Å². The van der Waals surface area contributed by atoms with E-state index in [0.717, 1.165) is 38.9 Å². The van der Waals surface area contributed by atoms with Crippen molar-refractivity contribution >= 4 is 5.91 Å². The third-order valence-corrected chi connectivity index (χ3v) is 3.02. The van der Waals surface area contributed by atoms with Gasteiger partial charge in [0.15, 0.2) is 0 Å². The van der Waals surface area contributed by atoms with Crippen molar-refractivity contribution in [1.29, 1.82) is 0 Å². The molecule has 0 saturated carbocycles. The molecule has 1 amide bonds. The van der Waals surface area contributed by atoms with Crippen LogP contribution >= 0.6 is 0 Å². The molecule has 0 unspecified atom stereocenters. The lowest BCUT2D eigenvalue weighted by Crippen LogP contribution is -2.46. The van der Waals surface area contributed by atoms with Crippen LogP contribution in [-0.4, -0.2) is 36.5 Å². The number of carbonyl (C=O) groups is 1. The topological polar surface area (TPSA) is 32.3 Å². The molecule has 0 aliphatic carbocycles. The smallest absolute Gasteiger partial charge is 0.227 e. The molecule has 1 saturated heterocycles. The zero-order valence-electron chi connectivity index (χ0n) is 10.3. The maximum Gasteiger partial charge on any atom is 0.227 e. The molecule has 0 aromatic rings. The van der Waals surface area contributed by atoms with Crippen molar-refractivity contribution in [2.75, 3.05) is 19.6 Å². The molecule has 0 radical (unpaired) electrons. The minimum absolute atomic E-state index is 0.215. The molecule has 0 aromatic heterocycles. The number of hydrogen-bond donors (Lipinski definition) is 1. The van der Waals surface area contributed by atoms with Crippen molar-refractivity contribution in [3.8, 4) is 0 Å². The van der Waals surface area contributed by atoms with Crippen LogP contribution < -0.4 is 5.32 Å². The van der Waals surface area contributed by atoms with Gasteiger partial charge in [-0.3, -0.25) is 4.79 Å². The van der Waals surface area contributed by atoms with Gasteiger partial charge in [0.2, 0.25) is 5.91 Å². The van der Waals surface area contributed by atoms with Gasteiger partial charge in [0, 0.05) is 19.1 Å². The maximum absolute atomic E-state index is 12.2. The molecular formula is C12H24N2O. The van der Waals surface area contributed by atoms with Crippen LogP contribution in [0.25, 0.3) is 0 Å². The first-order valence-electron chi connectivity index (χ1n) is 6.18. The number of rotatable bonds is 4. The van der Waals surface area contributed by atoms with Crippen LogP contribution in [0.5, 0.6) is 0 Å². The standard InChI is InChI=1S/C12H24N2O/c1-4-8-14(10(2)3)12(15)11-6-5-7-13-9-11/h10-11,13H,4-9H2,1-3H3/t11-/m1/s1. The van der Waals surface area contributed by atoms with Crippen molar-refractivity contribution in [2.45, 2.75) is 46.1 Å². The van der Waals surface area contributed by atoms with Crippen LogP contribution in [0.1, 0.15) is 40.0 Å². The highest BCUT2D eigenvalue weighted by Crippen LogP contribution is 2.15. The van der Waals surface area contributed by atoms with Crippen LogP contribution in [-0.2, 0) is 4.79 Å². The van der Waals surface area contributed by atoms with Gasteiger partial charge >= 0.3 is 0 Å². The Morgan fingerprint density at radius 2 is 2.27 bits per heavy atom. The second-order valence-electron chi connectivity index (χ2n) is 4.67. The molecule has 1 heterocycles. The van der Waals surface area contributed by atoms with E-state index in [-0.39, 0.29) is 5.92 Å². The highest BCUT2D eigenvalue weighted by molar-refractivity contribution is 5.79. The number of piperidine rings is 1. The van der Waals surface area contributed by atoms with Gasteiger partial charge in [-0.15, -0.1) is 0 Å². The normalized spacial score (nSPS) is 21.7. The van der Waals surface area contributed by atoms with Crippen LogP contribution in [0, 0.1) is 5.92 Å². The average Bonchev–Trinajstić information content (AvgIpc) is 2.26. The Morgan fingerprint density at radius 1 is 1.53 bits per heavy atom. The van der Waals surface area contributed by atoms with E-state index in [1.165, 1.54) is 0 Å². The Kier molecular flexibility index (Phi) is 5.09. The quantitative estimate of drug-likeness (QED) is 0.768. The molecule has 1 aliphatic heterocycles. The van der Waals surface area contributed by atoms with Crippen molar-refractivity contribution in [1.82, 2.24) is 10.2 Å². The lowest BCUT2D eigenvalue weighted by molar-refractivity contribution is -0.137. The van der Waals surface area contributed by atoms with Crippen molar-refractivity contribution < 1.29 is 4.79 Å². The van der Waals surface area contributed by atoms with Crippen molar-refractivity contribution in [3.63, 3.8) is 0 Å². The monoisotopic (exact) mass is 212 g/mol. The molecule has 3 heteroatoms. The number of amides is 1. The van der Waals surface area contributed by atoms with E-state index in [2.05, 4.69) is 26.1 Å². The van der Waals surface area contributed by atoms with Gasteiger partial charge in [-0.2, -0.15) is 0 Å². The molecule has 1 atom stereocenters. The van der Waals surface area contributed by atoms with Crippen LogP contribution in [0.15, 0.2) is 0 Å². The number of carbonyl (C=O) groups excluding carboxylic acids is 1. The van der Waals surface area contributed by atoms with Gasteiger partial charge in [-0.25, -0.2) is 0 Å². The summed E-state index contributed by atoms with van der Waals surface area (Å²) >= 11 is 0. The predicted molar refractivity (Wildman–Crippen MR) is 62.7 cm³/mol. The SMILES string of the molecule is CCCN(C(=O)[C@@H]1CCCNC1)C(C)C. The summed E-state index contributed by atoms with van der Waals surface area (Å²) in [6, 6.07) is 0.333. The minimum Gasteiger partial charge on any atom is -0.340 e. The summed E-state index contributed by atoms with van der Waals surface area (Å²) in [5.74, 6) is 0.562. The average molecular weight is 212 g/mol. The Bertz CT molecular complexity index is 198. The van der Waals surface area contributed by atoms with E-state index in [9.17, 15) is 4.79 Å². The molecule has 0 bridgehead atoms.